The van der Waals surface area contributed by atoms with Gasteiger partial charge in [0.15, 0.2) is 0 Å². The molecule has 0 radical (unpaired) electrons. The molecule has 0 spiro atoms. The van der Waals surface area contributed by atoms with E-state index in [4.69, 9.17) is 0 Å². The minimum absolute atomic E-state index is 0.0350. The largest absolute Gasteiger partial charge is 0.418 e. The van der Waals surface area contributed by atoms with Gasteiger partial charge in [0, 0.05) is 17.4 Å². The standard InChI is InChI=1S/C22H13F5N2O/c23-14-6-9-19(24)17(11-14)21(30)28-15-7-4-13(5-8-15)20-18(22(25,26)27)12-16-3-1-2-10-29(16)20/h1-12H,(H,28,30). The number of benzene rings is 2. The molecular formula is C22H13F5N2O. The second-order valence-corrected chi connectivity index (χ2v) is 6.56. The summed E-state index contributed by atoms with van der Waals surface area (Å²) >= 11 is 0. The molecule has 4 aromatic rings. The molecule has 2 aromatic heterocycles. The minimum atomic E-state index is -4.55. The highest BCUT2D eigenvalue weighted by molar-refractivity contribution is 6.04. The van der Waals surface area contributed by atoms with Crippen LogP contribution in [0.2, 0.25) is 0 Å². The molecule has 0 aliphatic carbocycles. The number of hydrogen-bond donors (Lipinski definition) is 1. The van der Waals surface area contributed by atoms with Crippen molar-refractivity contribution >= 4 is 17.1 Å². The van der Waals surface area contributed by atoms with E-state index in [1.807, 2.05) is 0 Å². The van der Waals surface area contributed by atoms with Gasteiger partial charge >= 0.3 is 6.18 Å². The number of carbonyl (C=O) groups excluding carboxylic acids is 1. The first-order valence-corrected chi connectivity index (χ1v) is 8.78. The number of fused-ring (bicyclic) bond motifs is 1. The number of aromatic nitrogens is 1. The third-order valence-corrected chi connectivity index (χ3v) is 4.57. The zero-order valence-corrected chi connectivity index (χ0v) is 15.2. The van der Waals surface area contributed by atoms with Crippen molar-refractivity contribution in [1.82, 2.24) is 4.40 Å². The Bertz CT molecular complexity index is 1240. The van der Waals surface area contributed by atoms with Gasteiger partial charge in [-0.3, -0.25) is 4.79 Å². The van der Waals surface area contributed by atoms with Crippen LogP contribution in [0.3, 0.4) is 0 Å². The highest BCUT2D eigenvalue weighted by Gasteiger charge is 2.36. The molecule has 0 saturated carbocycles. The maximum Gasteiger partial charge on any atom is 0.418 e. The van der Waals surface area contributed by atoms with Crippen molar-refractivity contribution < 1.29 is 26.7 Å². The predicted octanol–water partition coefficient (Wildman–Crippen LogP) is 6.16. The summed E-state index contributed by atoms with van der Waals surface area (Å²) in [4.78, 5) is 12.2. The fraction of sp³-hybridized carbons (Fsp3) is 0.0455. The van der Waals surface area contributed by atoms with Crippen LogP contribution in [0.25, 0.3) is 16.8 Å². The number of alkyl halides is 3. The van der Waals surface area contributed by atoms with E-state index < -0.39 is 34.8 Å². The van der Waals surface area contributed by atoms with Crippen LogP contribution in [-0.4, -0.2) is 10.3 Å². The number of pyridine rings is 1. The van der Waals surface area contributed by atoms with E-state index in [0.29, 0.717) is 5.52 Å². The fourth-order valence-electron chi connectivity index (χ4n) is 3.22. The third-order valence-electron chi connectivity index (χ3n) is 4.57. The summed E-state index contributed by atoms with van der Waals surface area (Å²) in [6, 6.07) is 14.0. The summed E-state index contributed by atoms with van der Waals surface area (Å²) in [5, 5.41) is 2.41. The smallest absolute Gasteiger partial charge is 0.322 e. The number of amides is 1. The molecule has 0 unspecified atom stereocenters. The van der Waals surface area contributed by atoms with Crippen molar-refractivity contribution in [2.75, 3.05) is 5.32 Å². The number of nitrogens with zero attached hydrogens (tertiary/aromatic N) is 1. The Morgan fingerprint density at radius 3 is 2.33 bits per heavy atom. The lowest BCUT2D eigenvalue weighted by Crippen LogP contribution is -2.14. The summed E-state index contributed by atoms with van der Waals surface area (Å²) in [5.74, 6) is -2.53. The van der Waals surface area contributed by atoms with Crippen molar-refractivity contribution in [2.24, 2.45) is 0 Å². The lowest BCUT2D eigenvalue weighted by molar-refractivity contribution is -0.137. The molecule has 8 heteroatoms. The summed E-state index contributed by atoms with van der Waals surface area (Å²) in [5.41, 5.74) is -0.403. The van der Waals surface area contributed by atoms with Crippen molar-refractivity contribution in [3.05, 3.63) is 95.7 Å². The molecule has 0 saturated heterocycles. The van der Waals surface area contributed by atoms with E-state index in [-0.39, 0.29) is 16.9 Å². The highest BCUT2D eigenvalue weighted by Crippen LogP contribution is 2.39. The molecule has 30 heavy (non-hydrogen) atoms. The number of halogens is 5. The van der Waals surface area contributed by atoms with Crippen molar-refractivity contribution in [2.45, 2.75) is 6.18 Å². The van der Waals surface area contributed by atoms with Crippen LogP contribution in [0.15, 0.2) is 72.9 Å². The molecule has 0 fully saturated rings. The normalized spacial score (nSPS) is 11.6. The maximum atomic E-state index is 13.7. The Morgan fingerprint density at radius 1 is 0.900 bits per heavy atom. The summed E-state index contributed by atoms with van der Waals surface area (Å²) in [7, 11) is 0. The number of hydrogen-bond acceptors (Lipinski definition) is 1. The number of nitrogens with one attached hydrogen (secondary N) is 1. The van der Waals surface area contributed by atoms with Gasteiger partial charge in [-0.05, 0) is 54.1 Å². The van der Waals surface area contributed by atoms with Crippen molar-refractivity contribution in [3.8, 4) is 11.3 Å². The zero-order valence-electron chi connectivity index (χ0n) is 15.2. The van der Waals surface area contributed by atoms with Crippen LogP contribution in [0.1, 0.15) is 15.9 Å². The maximum absolute atomic E-state index is 13.7. The van der Waals surface area contributed by atoms with E-state index in [9.17, 15) is 26.7 Å². The van der Waals surface area contributed by atoms with Gasteiger partial charge in [-0.2, -0.15) is 13.2 Å². The first-order chi connectivity index (χ1) is 14.2. The molecule has 0 aliphatic heterocycles. The predicted molar refractivity (Wildman–Crippen MR) is 102 cm³/mol. The van der Waals surface area contributed by atoms with Gasteiger partial charge in [-0.1, -0.05) is 18.2 Å². The monoisotopic (exact) mass is 416 g/mol. The summed E-state index contributed by atoms with van der Waals surface area (Å²) in [6.07, 6.45) is -3.02. The molecule has 1 amide bonds. The Kier molecular flexibility index (Phi) is 4.77. The van der Waals surface area contributed by atoms with Gasteiger partial charge in [0.2, 0.25) is 0 Å². The molecule has 3 nitrogen and oxygen atoms in total. The Labute approximate surface area is 167 Å². The second kappa shape index (κ2) is 7.29. The van der Waals surface area contributed by atoms with Crippen LogP contribution in [-0.2, 0) is 6.18 Å². The van der Waals surface area contributed by atoms with E-state index in [2.05, 4.69) is 5.32 Å². The topological polar surface area (TPSA) is 33.5 Å². The van der Waals surface area contributed by atoms with Gasteiger partial charge in [-0.15, -0.1) is 0 Å². The molecule has 0 atom stereocenters. The minimum Gasteiger partial charge on any atom is -0.322 e. The Balaban J connectivity index is 1.68. The average molecular weight is 416 g/mol. The van der Waals surface area contributed by atoms with Crippen molar-refractivity contribution in [1.29, 1.82) is 0 Å². The highest BCUT2D eigenvalue weighted by atomic mass is 19.4. The molecule has 2 heterocycles. The molecule has 0 bridgehead atoms. The number of anilines is 1. The van der Waals surface area contributed by atoms with Gasteiger partial charge in [0.25, 0.3) is 5.91 Å². The molecule has 0 aliphatic rings. The summed E-state index contributed by atoms with van der Waals surface area (Å²) in [6.45, 7) is 0. The second-order valence-electron chi connectivity index (χ2n) is 6.56. The first-order valence-electron chi connectivity index (χ1n) is 8.78. The van der Waals surface area contributed by atoms with Crippen LogP contribution < -0.4 is 5.32 Å². The quantitative estimate of drug-likeness (QED) is 0.399. The zero-order chi connectivity index (χ0) is 21.5. The molecule has 1 N–H and O–H groups in total. The number of rotatable bonds is 3. The average Bonchev–Trinajstić information content (AvgIpc) is 3.10. The molecule has 152 valence electrons. The lowest BCUT2D eigenvalue weighted by atomic mass is 10.1. The van der Waals surface area contributed by atoms with E-state index in [0.717, 1.165) is 24.3 Å². The Morgan fingerprint density at radius 2 is 1.63 bits per heavy atom. The van der Waals surface area contributed by atoms with Gasteiger partial charge in [-0.25, -0.2) is 8.78 Å². The Hall–Kier alpha value is -3.68. The lowest BCUT2D eigenvalue weighted by Gasteiger charge is -2.11. The van der Waals surface area contributed by atoms with E-state index >= 15 is 0 Å². The van der Waals surface area contributed by atoms with Crippen LogP contribution >= 0.6 is 0 Å². The fourth-order valence-corrected chi connectivity index (χ4v) is 3.22. The van der Waals surface area contributed by atoms with E-state index in [1.165, 1.54) is 34.9 Å². The van der Waals surface area contributed by atoms with Gasteiger partial charge < -0.3 is 9.72 Å². The first kappa shape index (κ1) is 19.6. The van der Waals surface area contributed by atoms with Gasteiger partial charge in [0.05, 0.1) is 16.8 Å². The van der Waals surface area contributed by atoms with Gasteiger partial charge in [0.1, 0.15) is 11.6 Å². The van der Waals surface area contributed by atoms with Crippen LogP contribution in [0, 0.1) is 11.6 Å². The molecule has 2 aromatic carbocycles. The number of carbonyl (C=O) groups is 1. The molecular weight excluding hydrogens is 403 g/mol. The summed E-state index contributed by atoms with van der Waals surface area (Å²) < 4.78 is 69.1. The van der Waals surface area contributed by atoms with E-state index in [1.54, 1.807) is 18.2 Å². The molecule has 4 rings (SSSR count). The third kappa shape index (κ3) is 3.63. The van der Waals surface area contributed by atoms with Crippen LogP contribution in [0.4, 0.5) is 27.6 Å². The van der Waals surface area contributed by atoms with Crippen LogP contribution in [0.5, 0.6) is 0 Å². The SMILES string of the molecule is O=C(Nc1ccc(-c2c(C(F)(F)F)cc3ccccn23)cc1)c1cc(F)ccc1F. The van der Waals surface area contributed by atoms with Crippen molar-refractivity contribution in [3.63, 3.8) is 0 Å².